The Morgan fingerprint density at radius 1 is 1.14 bits per heavy atom. The van der Waals surface area contributed by atoms with Gasteiger partial charge in [-0.2, -0.15) is 0 Å². The van der Waals surface area contributed by atoms with Crippen molar-refractivity contribution in [2.24, 2.45) is 5.92 Å². The molecule has 0 unspecified atom stereocenters. The number of fused-ring (bicyclic) bond motifs is 1. The summed E-state index contributed by atoms with van der Waals surface area (Å²) in [5.41, 5.74) is 1.90. The van der Waals surface area contributed by atoms with Gasteiger partial charge in [0, 0.05) is 36.2 Å². The van der Waals surface area contributed by atoms with Crippen molar-refractivity contribution >= 4 is 16.7 Å². The molecule has 1 heterocycles. The molecule has 0 saturated heterocycles. The summed E-state index contributed by atoms with van der Waals surface area (Å²) in [4.78, 5) is 12.7. The molecule has 0 atom stereocenters. The monoisotopic (exact) mass is 398 g/mol. The molecule has 2 aromatic rings. The van der Waals surface area contributed by atoms with Gasteiger partial charge in [-0.05, 0) is 44.7 Å². The molecule has 1 aromatic carbocycles. The summed E-state index contributed by atoms with van der Waals surface area (Å²) in [7, 11) is 1.70. The van der Waals surface area contributed by atoms with Gasteiger partial charge in [-0.25, -0.2) is 0 Å². The number of Topliss-reactive ketones (excluding diaryl/α,β-unsaturated/α-hetero) is 1. The number of nitrogens with zero attached hydrogens (tertiary/aromatic N) is 1. The van der Waals surface area contributed by atoms with Crippen molar-refractivity contribution in [1.29, 1.82) is 0 Å². The Morgan fingerprint density at radius 2 is 1.97 bits per heavy atom. The quantitative estimate of drug-likeness (QED) is 0.445. The fraction of sp³-hybridized carbons (Fsp3) is 0.625. The number of aryl methyl sites for hydroxylation is 1. The number of para-hydroxylation sites is 1. The predicted octanol–water partition coefficient (Wildman–Crippen LogP) is 4.57. The molecule has 0 radical (unpaired) electrons. The van der Waals surface area contributed by atoms with E-state index < -0.39 is 0 Å². The Hall–Kier alpha value is -1.85. The van der Waals surface area contributed by atoms with E-state index in [1.807, 2.05) is 24.4 Å². The molecule has 0 amide bonds. The number of benzene rings is 1. The third-order valence-electron chi connectivity index (χ3n) is 6.23. The van der Waals surface area contributed by atoms with E-state index in [-0.39, 0.29) is 5.92 Å². The third-order valence-corrected chi connectivity index (χ3v) is 6.23. The Labute approximate surface area is 173 Å². The summed E-state index contributed by atoms with van der Waals surface area (Å²) in [6.45, 7) is 3.50. The van der Waals surface area contributed by atoms with E-state index in [4.69, 9.17) is 9.47 Å². The topological polar surface area (TPSA) is 52.5 Å². The van der Waals surface area contributed by atoms with Crippen molar-refractivity contribution in [3.63, 3.8) is 0 Å². The minimum Gasteiger partial charge on any atom is -0.495 e. The molecule has 2 fully saturated rings. The Bertz CT molecular complexity index is 819. The van der Waals surface area contributed by atoms with Crippen LogP contribution in [0.5, 0.6) is 5.75 Å². The molecular weight excluding hydrogens is 364 g/mol. The first-order chi connectivity index (χ1) is 14.3. The molecule has 1 aromatic heterocycles. The van der Waals surface area contributed by atoms with E-state index in [0.29, 0.717) is 11.9 Å². The summed E-state index contributed by atoms with van der Waals surface area (Å²) < 4.78 is 13.8. The van der Waals surface area contributed by atoms with Crippen molar-refractivity contribution in [1.82, 2.24) is 9.88 Å². The van der Waals surface area contributed by atoms with E-state index in [9.17, 15) is 4.79 Å². The van der Waals surface area contributed by atoms with Gasteiger partial charge in [0.15, 0.2) is 5.78 Å². The SMILES string of the molecule is COc1cccc2c(C(=O)C3CC3)cn(CCCNCCOC3CCCCC3)c12. The zero-order valence-corrected chi connectivity index (χ0v) is 17.6. The van der Waals surface area contributed by atoms with E-state index in [2.05, 4.69) is 9.88 Å². The molecular formula is C24H34N2O3. The molecule has 0 spiro atoms. The highest BCUT2D eigenvalue weighted by Gasteiger charge is 2.32. The van der Waals surface area contributed by atoms with Crippen LogP contribution in [0.2, 0.25) is 0 Å². The number of carbonyl (C=O) groups excluding carboxylic acids is 1. The second-order valence-corrected chi connectivity index (χ2v) is 8.47. The minimum atomic E-state index is 0.228. The first-order valence-electron chi connectivity index (χ1n) is 11.3. The molecule has 0 aliphatic heterocycles. The van der Waals surface area contributed by atoms with Crippen LogP contribution in [0.15, 0.2) is 24.4 Å². The molecule has 0 bridgehead atoms. The molecule has 2 saturated carbocycles. The largest absolute Gasteiger partial charge is 0.495 e. The lowest BCUT2D eigenvalue weighted by Gasteiger charge is -2.22. The summed E-state index contributed by atoms with van der Waals surface area (Å²) in [6, 6.07) is 6.00. The Morgan fingerprint density at radius 3 is 2.72 bits per heavy atom. The lowest BCUT2D eigenvalue weighted by Crippen LogP contribution is -2.25. The van der Waals surface area contributed by atoms with Gasteiger partial charge < -0.3 is 19.4 Å². The van der Waals surface area contributed by atoms with Crippen LogP contribution in [-0.2, 0) is 11.3 Å². The lowest BCUT2D eigenvalue weighted by molar-refractivity contribution is 0.0303. The van der Waals surface area contributed by atoms with Crippen molar-refractivity contribution < 1.29 is 14.3 Å². The van der Waals surface area contributed by atoms with Gasteiger partial charge in [0.25, 0.3) is 0 Å². The maximum Gasteiger partial charge on any atom is 0.168 e. The number of hydrogen-bond donors (Lipinski definition) is 1. The number of nitrogens with one attached hydrogen (secondary N) is 1. The third kappa shape index (κ3) is 5.01. The standard InChI is InChI=1S/C24H34N2O3/c1-28-22-10-5-9-20-21(24(27)18-11-12-18)17-26(23(20)22)15-6-13-25-14-16-29-19-7-3-2-4-8-19/h5,9-10,17-19,25H,2-4,6-8,11-16H2,1H3. The van der Waals surface area contributed by atoms with Gasteiger partial charge in [0.1, 0.15) is 5.75 Å². The first-order valence-corrected chi connectivity index (χ1v) is 11.3. The Balaban J connectivity index is 1.30. The van der Waals surface area contributed by atoms with Crippen LogP contribution in [0.25, 0.3) is 10.9 Å². The van der Waals surface area contributed by atoms with E-state index in [0.717, 1.165) is 67.7 Å². The number of carbonyl (C=O) groups is 1. The fourth-order valence-corrected chi connectivity index (χ4v) is 4.46. The van der Waals surface area contributed by atoms with E-state index >= 15 is 0 Å². The number of rotatable bonds is 11. The van der Waals surface area contributed by atoms with Crippen LogP contribution >= 0.6 is 0 Å². The molecule has 2 aliphatic rings. The fourth-order valence-electron chi connectivity index (χ4n) is 4.46. The second kappa shape index (κ2) is 9.77. The van der Waals surface area contributed by atoms with Gasteiger partial charge in [-0.15, -0.1) is 0 Å². The van der Waals surface area contributed by atoms with Crippen LogP contribution < -0.4 is 10.1 Å². The van der Waals surface area contributed by atoms with Crippen LogP contribution in [0.3, 0.4) is 0 Å². The average molecular weight is 399 g/mol. The summed E-state index contributed by atoms with van der Waals surface area (Å²) >= 11 is 0. The van der Waals surface area contributed by atoms with Crippen LogP contribution in [0.4, 0.5) is 0 Å². The summed E-state index contributed by atoms with van der Waals surface area (Å²) in [5, 5.41) is 4.52. The molecule has 5 nitrogen and oxygen atoms in total. The lowest BCUT2D eigenvalue weighted by atomic mass is 9.98. The van der Waals surface area contributed by atoms with Crippen LogP contribution in [-0.4, -0.2) is 43.3 Å². The smallest absolute Gasteiger partial charge is 0.168 e. The summed E-state index contributed by atoms with van der Waals surface area (Å²) in [5.74, 6) is 1.36. The number of ether oxygens (including phenoxy) is 2. The van der Waals surface area contributed by atoms with Crippen molar-refractivity contribution in [3.8, 4) is 5.75 Å². The number of methoxy groups -OCH3 is 1. The van der Waals surface area contributed by atoms with Gasteiger partial charge in [0.2, 0.25) is 0 Å². The predicted molar refractivity (Wildman–Crippen MR) is 116 cm³/mol. The highest BCUT2D eigenvalue weighted by atomic mass is 16.5. The maximum absolute atomic E-state index is 12.7. The first kappa shape index (κ1) is 20.4. The highest BCUT2D eigenvalue weighted by Crippen LogP contribution is 2.37. The molecule has 4 rings (SSSR count). The molecule has 2 aliphatic carbocycles. The Kier molecular flexibility index (Phi) is 6.88. The number of ketones is 1. The van der Waals surface area contributed by atoms with Gasteiger partial charge in [-0.1, -0.05) is 31.4 Å². The van der Waals surface area contributed by atoms with Crippen LogP contribution in [0.1, 0.15) is 61.7 Å². The zero-order chi connectivity index (χ0) is 20.1. The number of hydrogen-bond acceptors (Lipinski definition) is 4. The van der Waals surface area contributed by atoms with Crippen molar-refractivity contribution in [3.05, 3.63) is 30.0 Å². The normalized spacial score (nSPS) is 17.7. The zero-order valence-electron chi connectivity index (χ0n) is 17.6. The minimum absolute atomic E-state index is 0.228. The van der Waals surface area contributed by atoms with Crippen molar-refractivity contribution in [2.45, 2.75) is 64.0 Å². The number of aromatic nitrogens is 1. The summed E-state index contributed by atoms with van der Waals surface area (Å²) in [6.07, 6.45) is 12.0. The van der Waals surface area contributed by atoms with Crippen LogP contribution in [0, 0.1) is 5.92 Å². The molecule has 29 heavy (non-hydrogen) atoms. The molecule has 5 heteroatoms. The van der Waals surface area contributed by atoms with Gasteiger partial charge in [0.05, 0.1) is 25.3 Å². The maximum atomic E-state index is 12.7. The van der Waals surface area contributed by atoms with Gasteiger partial charge >= 0.3 is 0 Å². The molecule has 1 N–H and O–H groups in total. The van der Waals surface area contributed by atoms with E-state index in [1.165, 1.54) is 32.1 Å². The molecule has 158 valence electrons. The second-order valence-electron chi connectivity index (χ2n) is 8.47. The highest BCUT2D eigenvalue weighted by molar-refractivity contribution is 6.11. The van der Waals surface area contributed by atoms with Gasteiger partial charge in [-0.3, -0.25) is 4.79 Å². The van der Waals surface area contributed by atoms with E-state index in [1.54, 1.807) is 7.11 Å². The van der Waals surface area contributed by atoms with Crippen molar-refractivity contribution in [2.75, 3.05) is 26.8 Å². The average Bonchev–Trinajstić information content (AvgIpc) is 3.55.